The Kier molecular flexibility index (Phi) is 3.20. The molecule has 0 aliphatic heterocycles. The number of nitrogens with one attached hydrogen (secondary N) is 1. The maximum atomic E-state index is 11.0. The largest absolute Gasteiger partial charge is 0.326 e. The molecule has 0 radical (unpaired) electrons. The van der Waals surface area contributed by atoms with Crippen molar-refractivity contribution in [1.29, 1.82) is 0 Å². The summed E-state index contributed by atoms with van der Waals surface area (Å²) in [6, 6.07) is 9.54. The molecule has 0 spiro atoms. The number of aromatic nitrogens is 2. The predicted molar refractivity (Wildman–Crippen MR) is 81.9 cm³/mol. The summed E-state index contributed by atoms with van der Waals surface area (Å²) in [7, 11) is 0. The third-order valence-corrected chi connectivity index (χ3v) is 3.95. The third-order valence-electron chi connectivity index (χ3n) is 2.94. The monoisotopic (exact) mass is 283 g/mol. The van der Waals surface area contributed by atoms with Gasteiger partial charge in [0.1, 0.15) is 0 Å². The van der Waals surface area contributed by atoms with Crippen molar-refractivity contribution < 1.29 is 4.79 Å². The SMILES string of the molecule is CC(=O)Nc1ccc(-c2nc(C)c3sccc3n2)cc1. The number of carbonyl (C=O) groups excluding carboxylic acids is 1. The minimum Gasteiger partial charge on any atom is -0.326 e. The van der Waals surface area contributed by atoms with Crippen LogP contribution in [0.4, 0.5) is 5.69 Å². The molecule has 1 amide bonds. The summed E-state index contributed by atoms with van der Waals surface area (Å²) >= 11 is 1.65. The van der Waals surface area contributed by atoms with Crippen molar-refractivity contribution in [3.8, 4) is 11.4 Å². The number of anilines is 1. The van der Waals surface area contributed by atoms with E-state index in [4.69, 9.17) is 0 Å². The number of fused-ring (bicyclic) bond motifs is 1. The lowest BCUT2D eigenvalue weighted by molar-refractivity contribution is -0.114. The molecule has 3 rings (SSSR count). The highest BCUT2D eigenvalue weighted by Crippen LogP contribution is 2.25. The summed E-state index contributed by atoms with van der Waals surface area (Å²) in [4.78, 5) is 20.1. The number of benzene rings is 1. The van der Waals surface area contributed by atoms with Gasteiger partial charge in [-0.2, -0.15) is 0 Å². The van der Waals surface area contributed by atoms with Gasteiger partial charge < -0.3 is 5.32 Å². The fourth-order valence-corrected chi connectivity index (χ4v) is 2.83. The van der Waals surface area contributed by atoms with E-state index in [9.17, 15) is 4.79 Å². The lowest BCUT2D eigenvalue weighted by atomic mass is 10.2. The zero-order valence-electron chi connectivity index (χ0n) is 11.2. The summed E-state index contributed by atoms with van der Waals surface area (Å²) < 4.78 is 1.13. The Morgan fingerprint density at radius 3 is 2.60 bits per heavy atom. The number of rotatable bonds is 2. The van der Waals surface area contributed by atoms with Gasteiger partial charge in [0.05, 0.1) is 15.9 Å². The molecule has 2 heterocycles. The number of carbonyl (C=O) groups is 1. The average molecular weight is 283 g/mol. The Morgan fingerprint density at radius 1 is 1.15 bits per heavy atom. The van der Waals surface area contributed by atoms with Crippen molar-refractivity contribution in [2.75, 3.05) is 5.32 Å². The summed E-state index contributed by atoms with van der Waals surface area (Å²) in [6.45, 7) is 3.49. The Labute approximate surface area is 120 Å². The summed E-state index contributed by atoms with van der Waals surface area (Å²) in [5, 5.41) is 4.77. The van der Waals surface area contributed by atoms with Crippen molar-refractivity contribution in [2.45, 2.75) is 13.8 Å². The maximum absolute atomic E-state index is 11.0. The number of hydrogen-bond acceptors (Lipinski definition) is 4. The van der Waals surface area contributed by atoms with Gasteiger partial charge in [-0.3, -0.25) is 4.79 Å². The van der Waals surface area contributed by atoms with E-state index in [1.54, 1.807) is 11.3 Å². The van der Waals surface area contributed by atoms with Crippen LogP contribution >= 0.6 is 11.3 Å². The third kappa shape index (κ3) is 2.40. The molecule has 20 heavy (non-hydrogen) atoms. The average Bonchev–Trinajstić information content (AvgIpc) is 2.87. The first-order chi connectivity index (χ1) is 9.63. The number of thiophene rings is 1. The van der Waals surface area contributed by atoms with Gasteiger partial charge in [0.25, 0.3) is 0 Å². The minimum atomic E-state index is -0.0791. The second-order valence-corrected chi connectivity index (χ2v) is 5.44. The van der Waals surface area contributed by atoms with Gasteiger partial charge in [0.2, 0.25) is 5.91 Å². The molecule has 0 unspecified atom stereocenters. The smallest absolute Gasteiger partial charge is 0.221 e. The zero-order valence-corrected chi connectivity index (χ0v) is 12.0. The van der Waals surface area contributed by atoms with Crippen molar-refractivity contribution in [1.82, 2.24) is 9.97 Å². The van der Waals surface area contributed by atoms with Gasteiger partial charge in [-0.05, 0) is 42.6 Å². The van der Waals surface area contributed by atoms with Crippen LogP contribution in [0.2, 0.25) is 0 Å². The molecule has 0 aliphatic rings. The molecule has 5 heteroatoms. The van der Waals surface area contributed by atoms with E-state index in [0.29, 0.717) is 5.82 Å². The number of aryl methyl sites for hydroxylation is 1. The molecule has 2 aromatic heterocycles. The second-order valence-electron chi connectivity index (χ2n) is 4.53. The number of nitrogens with zero attached hydrogens (tertiary/aromatic N) is 2. The quantitative estimate of drug-likeness (QED) is 0.781. The maximum Gasteiger partial charge on any atom is 0.221 e. The van der Waals surface area contributed by atoms with Crippen LogP contribution in [0.5, 0.6) is 0 Å². The number of hydrogen-bond donors (Lipinski definition) is 1. The van der Waals surface area contributed by atoms with Gasteiger partial charge in [-0.15, -0.1) is 11.3 Å². The lowest BCUT2D eigenvalue weighted by Crippen LogP contribution is -2.05. The van der Waals surface area contributed by atoms with Crippen LogP contribution in [-0.4, -0.2) is 15.9 Å². The molecule has 0 bridgehead atoms. The van der Waals surface area contributed by atoms with Crippen LogP contribution in [0, 0.1) is 6.92 Å². The summed E-state index contributed by atoms with van der Waals surface area (Å²) in [6.07, 6.45) is 0. The van der Waals surface area contributed by atoms with Crippen molar-refractivity contribution >= 4 is 33.1 Å². The van der Waals surface area contributed by atoms with Gasteiger partial charge in [0, 0.05) is 18.2 Å². The molecule has 100 valence electrons. The van der Waals surface area contributed by atoms with Crippen LogP contribution in [-0.2, 0) is 4.79 Å². The minimum absolute atomic E-state index is 0.0791. The van der Waals surface area contributed by atoms with Gasteiger partial charge in [-0.1, -0.05) is 0 Å². The first-order valence-electron chi connectivity index (χ1n) is 6.23. The van der Waals surface area contributed by atoms with Crippen molar-refractivity contribution in [3.05, 3.63) is 41.4 Å². The van der Waals surface area contributed by atoms with Crippen LogP contribution in [0.15, 0.2) is 35.7 Å². The van der Waals surface area contributed by atoms with Crippen LogP contribution in [0.3, 0.4) is 0 Å². The highest BCUT2D eigenvalue weighted by molar-refractivity contribution is 7.17. The van der Waals surface area contributed by atoms with E-state index in [2.05, 4.69) is 15.3 Å². The molecule has 0 atom stereocenters. The van der Waals surface area contributed by atoms with Gasteiger partial charge in [0.15, 0.2) is 5.82 Å². The molecule has 0 saturated heterocycles. The predicted octanol–water partition coefficient (Wildman–Crippen LogP) is 3.63. The molecule has 3 aromatic rings. The van der Waals surface area contributed by atoms with E-state index < -0.39 is 0 Å². The molecule has 0 aliphatic carbocycles. The van der Waals surface area contributed by atoms with Crippen molar-refractivity contribution in [2.24, 2.45) is 0 Å². The fraction of sp³-hybridized carbons (Fsp3) is 0.133. The second kappa shape index (κ2) is 5.02. The van der Waals surface area contributed by atoms with Crippen molar-refractivity contribution in [3.63, 3.8) is 0 Å². The standard InChI is InChI=1S/C15H13N3OS/c1-9-14-13(7-8-20-14)18-15(16-9)11-3-5-12(6-4-11)17-10(2)19/h3-8H,1-2H3,(H,17,19). The van der Waals surface area contributed by atoms with Crippen LogP contribution in [0.1, 0.15) is 12.6 Å². The zero-order chi connectivity index (χ0) is 14.1. The molecule has 1 N–H and O–H groups in total. The van der Waals surface area contributed by atoms with E-state index in [0.717, 1.165) is 27.2 Å². The van der Waals surface area contributed by atoms with E-state index >= 15 is 0 Å². The normalized spacial score (nSPS) is 10.7. The molecular formula is C15H13N3OS. The first kappa shape index (κ1) is 12.7. The Hall–Kier alpha value is -2.27. The van der Waals surface area contributed by atoms with Crippen LogP contribution < -0.4 is 5.32 Å². The fourth-order valence-electron chi connectivity index (χ4n) is 2.04. The first-order valence-corrected chi connectivity index (χ1v) is 7.11. The molecular weight excluding hydrogens is 270 g/mol. The highest BCUT2D eigenvalue weighted by atomic mass is 32.1. The van der Waals surface area contributed by atoms with Crippen LogP contribution in [0.25, 0.3) is 21.6 Å². The number of amides is 1. The van der Waals surface area contributed by atoms with E-state index in [1.807, 2.05) is 42.6 Å². The topological polar surface area (TPSA) is 54.9 Å². The van der Waals surface area contributed by atoms with E-state index in [1.165, 1.54) is 6.92 Å². The molecule has 4 nitrogen and oxygen atoms in total. The van der Waals surface area contributed by atoms with Gasteiger partial charge in [-0.25, -0.2) is 9.97 Å². The Balaban J connectivity index is 2.00. The van der Waals surface area contributed by atoms with E-state index in [-0.39, 0.29) is 5.91 Å². The van der Waals surface area contributed by atoms with Gasteiger partial charge >= 0.3 is 0 Å². The lowest BCUT2D eigenvalue weighted by Gasteiger charge is -2.05. The Morgan fingerprint density at radius 2 is 1.90 bits per heavy atom. The summed E-state index contributed by atoms with van der Waals surface area (Å²) in [5.74, 6) is 0.632. The summed E-state index contributed by atoms with van der Waals surface area (Å²) in [5.41, 5.74) is 3.68. The highest BCUT2D eigenvalue weighted by Gasteiger charge is 2.07. The molecule has 1 aromatic carbocycles. The molecule has 0 saturated carbocycles. The molecule has 0 fully saturated rings. The Bertz CT molecular complexity index is 777.